The van der Waals surface area contributed by atoms with E-state index in [1.165, 1.54) is 12.1 Å². The molecule has 1 atom stereocenters. The highest BCUT2D eigenvalue weighted by Crippen LogP contribution is 2.27. The van der Waals surface area contributed by atoms with Crippen LogP contribution in [-0.4, -0.2) is 21.4 Å². The second-order valence-corrected chi connectivity index (χ2v) is 7.71. The summed E-state index contributed by atoms with van der Waals surface area (Å²) in [5, 5.41) is 8.79. The van der Waals surface area contributed by atoms with Gasteiger partial charge in [-0.1, -0.05) is 30.3 Å². The molecule has 0 aliphatic rings. The number of benzene rings is 2. The molecule has 7 nitrogen and oxygen atoms in total. The number of carbonyl (C=O) groups is 1. The van der Waals surface area contributed by atoms with E-state index >= 15 is 0 Å². The zero-order chi connectivity index (χ0) is 19.6. The number of primary sulfonamides is 1. The van der Waals surface area contributed by atoms with Crippen LogP contribution in [0.4, 0.5) is 0 Å². The topological polar surface area (TPSA) is 112 Å². The van der Waals surface area contributed by atoms with Gasteiger partial charge in [-0.05, 0) is 30.7 Å². The van der Waals surface area contributed by atoms with Crippen LogP contribution in [0.2, 0.25) is 0 Å². The highest BCUT2D eigenvalue weighted by molar-refractivity contribution is 7.89. The number of rotatable bonds is 6. The Balaban J connectivity index is 1.84. The fraction of sp³-hybridized carbons (Fsp3) is 0.211. The van der Waals surface area contributed by atoms with E-state index in [4.69, 9.17) is 14.3 Å². The fourth-order valence-electron chi connectivity index (χ4n) is 2.86. The Labute approximate surface area is 157 Å². The number of hydrogen-bond donors (Lipinski definition) is 2. The average Bonchev–Trinajstić information content (AvgIpc) is 3.00. The number of amides is 1. The maximum absolute atomic E-state index is 12.7. The molecule has 8 heteroatoms. The molecule has 3 aromatic rings. The lowest BCUT2D eigenvalue weighted by atomic mass is 10.1. The zero-order valence-corrected chi connectivity index (χ0v) is 15.7. The summed E-state index contributed by atoms with van der Waals surface area (Å²) in [7, 11) is -2.20. The molecule has 27 heavy (non-hydrogen) atoms. The molecule has 3 N–H and O–H groups in total. The lowest BCUT2D eigenvalue weighted by Crippen LogP contribution is -2.27. The number of carbonyl (C=O) groups excluding carboxylic acids is 1. The molecule has 142 valence electrons. The summed E-state index contributed by atoms with van der Waals surface area (Å²) >= 11 is 0. The molecular weight excluding hydrogens is 368 g/mol. The summed E-state index contributed by atoms with van der Waals surface area (Å²) in [6, 6.07) is 13.0. The van der Waals surface area contributed by atoms with Gasteiger partial charge in [0.2, 0.25) is 10.0 Å². The molecular formula is C19H20N2O5S. The van der Waals surface area contributed by atoms with Crippen LogP contribution in [-0.2, 0) is 21.4 Å². The van der Waals surface area contributed by atoms with Crippen LogP contribution < -0.4 is 10.5 Å². The van der Waals surface area contributed by atoms with Crippen molar-refractivity contribution < 1.29 is 22.4 Å². The van der Waals surface area contributed by atoms with Crippen LogP contribution in [0.15, 0.2) is 57.8 Å². The highest BCUT2D eigenvalue weighted by atomic mass is 32.2. The molecule has 1 amide bonds. The maximum Gasteiger partial charge on any atom is 0.287 e. The van der Waals surface area contributed by atoms with Crippen LogP contribution in [0.25, 0.3) is 11.0 Å². The minimum atomic E-state index is -3.75. The molecule has 0 bridgehead atoms. The number of hydrogen-bond acceptors (Lipinski definition) is 5. The largest absolute Gasteiger partial charge is 0.451 e. The van der Waals surface area contributed by atoms with Crippen LogP contribution in [0.5, 0.6) is 0 Å². The monoisotopic (exact) mass is 388 g/mol. The number of para-hydroxylation sites is 1. The normalized spacial score (nSPS) is 12.9. The van der Waals surface area contributed by atoms with E-state index in [1.807, 2.05) is 18.2 Å². The molecule has 0 saturated carbocycles. The third kappa shape index (κ3) is 4.02. The van der Waals surface area contributed by atoms with E-state index in [-0.39, 0.29) is 29.2 Å². The smallest absolute Gasteiger partial charge is 0.287 e. The summed E-state index contributed by atoms with van der Waals surface area (Å²) in [4.78, 5) is 12.8. The first-order chi connectivity index (χ1) is 12.8. The van der Waals surface area contributed by atoms with Crippen molar-refractivity contribution in [2.45, 2.75) is 24.5 Å². The predicted octanol–water partition coefficient (Wildman–Crippen LogP) is 2.72. The molecule has 0 saturated heterocycles. The summed E-state index contributed by atoms with van der Waals surface area (Å²) in [5.41, 5.74) is 2.03. The lowest BCUT2D eigenvalue weighted by Gasteiger charge is -2.14. The molecule has 1 aromatic heterocycles. The van der Waals surface area contributed by atoms with Crippen molar-refractivity contribution >= 4 is 26.9 Å². The number of sulfonamides is 1. The first kappa shape index (κ1) is 19.1. The summed E-state index contributed by atoms with van der Waals surface area (Å²) in [5.74, 6) is -0.174. The van der Waals surface area contributed by atoms with Crippen molar-refractivity contribution in [1.82, 2.24) is 5.32 Å². The maximum atomic E-state index is 12.7. The third-order valence-electron chi connectivity index (χ3n) is 4.25. The predicted molar refractivity (Wildman–Crippen MR) is 101 cm³/mol. The van der Waals surface area contributed by atoms with Gasteiger partial charge < -0.3 is 14.5 Å². The SMILES string of the molecule is COCc1c(C(=O)N[C@@H](C)c2ccc(S(N)(=O)=O)cc2)oc2ccccc12. The third-order valence-corrected chi connectivity index (χ3v) is 5.18. The van der Waals surface area contributed by atoms with E-state index < -0.39 is 10.0 Å². The molecule has 0 fully saturated rings. The van der Waals surface area contributed by atoms with Crippen LogP contribution >= 0.6 is 0 Å². The average molecular weight is 388 g/mol. The van der Waals surface area contributed by atoms with Crippen molar-refractivity contribution in [3.63, 3.8) is 0 Å². The second kappa shape index (κ2) is 7.51. The van der Waals surface area contributed by atoms with Crippen molar-refractivity contribution in [2.24, 2.45) is 5.14 Å². The molecule has 0 spiro atoms. The Morgan fingerprint density at radius 3 is 2.48 bits per heavy atom. The Morgan fingerprint density at radius 2 is 1.85 bits per heavy atom. The summed E-state index contributed by atoms with van der Waals surface area (Å²) in [6.07, 6.45) is 0. The first-order valence-corrected chi connectivity index (χ1v) is 9.79. The van der Waals surface area contributed by atoms with Gasteiger partial charge in [0.15, 0.2) is 5.76 Å². The van der Waals surface area contributed by atoms with E-state index in [0.717, 1.165) is 10.9 Å². The number of furan rings is 1. The molecule has 3 rings (SSSR count). The van der Waals surface area contributed by atoms with E-state index in [9.17, 15) is 13.2 Å². The van der Waals surface area contributed by atoms with Gasteiger partial charge in [0.1, 0.15) is 5.58 Å². The van der Waals surface area contributed by atoms with Crippen LogP contribution in [0.3, 0.4) is 0 Å². The Bertz CT molecular complexity index is 1070. The summed E-state index contributed by atoms with van der Waals surface area (Å²) < 4.78 is 33.6. The fourth-order valence-corrected chi connectivity index (χ4v) is 3.38. The lowest BCUT2D eigenvalue weighted by molar-refractivity contribution is 0.0907. The molecule has 0 radical (unpaired) electrons. The molecule has 0 unspecified atom stereocenters. The van der Waals surface area contributed by atoms with Gasteiger partial charge in [0.05, 0.1) is 17.5 Å². The molecule has 1 heterocycles. The van der Waals surface area contributed by atoms with Crippen molar-refractivity contribution in [3.8, 4) is 0 Å². The Morgan fingerprint density at radius 1 is 1.19 bits per heavy atom. The number of nitrogens with two attached hydrogens (primary N) is 1. The zero-order valence-electron chi connectivity index (χ0n) is 14.9. The minimum Gasteiger partial charge on any atom is -0.451 e. The number of nitrogens with one attached hydrogen (secondary N) is 1. The number of methoxy groups -OCH3 is 1. The van der Waals surface area contributed by atoms with E-state index in [1.54, 1.807) is 32.2 Å². The van der Waals surface area contributed by atoms with Crippen molar-refractivity contribution in [2.75, 3.05) is 7.11 Å². The number of fused-ring (bicyclic) bond motifs is 1. The Kier molecular flexibility index (Phi) is 5.31. The molecule has 0 aliphatic heterocycles. The van der Waals surface area contributed by atoms with Gasteiger partial charge in [-0.25, -0.2) is 13.6 Å². The minimum absolute atomic E-state index is 0.0180. The van der Waals surface area contributed by atoms with Gasteiger partial charge in [-0.15, -0.1) is 0 Å². The van der Waals surface area contributed by atoms with Crippen molar-refractivity contribution in [3.05, 3.63) is 65.4 Å². The van der Waals surface area contributed by atoms with Gasteiger partial charge >= 0.3 is 0 Å². The van der Waals surface area contributed by atoms with Gasteiger partial charge in [0.25, 0.3) is 5.91 Å². The van der Waals surface area contributed by atoms with Gasteiger partial charge in [-0.3, -0.25) is 4.79 Å². The quantitative estimate of drug-likeness (QED) is 0.674. The van der Waals surface area contributed by atoms with Crippen LogP contribution in [0.1, 0.15) is 34.6 Å². The summed E-state index contributed by atoms with van der Waals surface area (Å²) in [6.45, 7) is 2.04. The standard InChI is InChI=1S/C19H20N2O5S/c1-12(13-7-9-14(10-8-13)27(20,23)24)21-19(22)18-16(11-25-2)15-5-3-4-6-17(15)26-18/h3-10,12H,11H2,1-2H3,(H,21,22)(H2,20,23,24)/t12-/m0/s1. The Hall–Kier alpha value is -2.68. The van der Waals surface area contributed by atoms with Gasteiger partial charge in [0, 0.05) is 18.1 Å². The second-order valence-electron chi connectivity index (χ2n) is 6.15. The highest BCUT2D eigenvalue weighted by Gasteiger charge is 2.22. The van der Waals surface area contributed by atoms with Gasteiger partial charge in [-0.2, -0.15) is 0 Å². The van der Waals surface area contributed by atoms with Crippen molar-refractivity contribution in [1.29, 1.82) is 0 Å². The van der Waals surface area contributed by atoms with Crippen LogP contribution in [0, 0.1) is 0 Å². The van der Waals surface area contributed by atoms with E-state index in [2.05, 4.69) is 5.32 Å². The number of ether oxygens (including phenoxy) is 1. The molecule has 0 aliphatic carbocycles. The molecule has 2 aromatic carbocycles. The van der Waals surface area contributed by atoms with E-state index in [0.29, 0.717) is 11.1 Å². The first-order valence-electron chi connectivity index (χ1n) is 8.24.